The van der Waals surface area contributed by atoms with Crippen LogP contribution in [-0.2, 0) is 17.3 Å². The minimum absolute atomic E-state index is 0.419. The zero-order chi connectivity index (χ0) is 16.6. The minimum Gasteiger partial charge on any atom is -0.0654 e. The molecule has 23 heavy (non-hydrogen) atoms. The van der Waals surface area contributed by atoms with Gasteiger partial charge < -0.3 is 0 Å². The van der Waals surface area contributed by atoms with Crippen LogP contribution < -0.4 is 0 Å². The Hall–Kier alpha value is -0.690. The fourth-order valence-electron chi connectivity index (χ4n) is 2.94. The molecule has 0 radical (unpaired) electrons. The lowest BCUT2D eigenvalue weighted by molar-refractivity contribution is 0.563. The van der Waals surface area contributed by atoms with Crippen molar-refractivity contribution in [1.82, 2.24) is 0 Å². The summed E-state index contributed by atoms with van der Waals surface area (Å²) >= 11 is 0. The van der Waals surface area contributed by atoms with Gasteiger partial charge in [0.2, 0.25) is 0 Å². The first kappa shape index (κ1) is 20.4. The summed E-state index contributed by atoms with van der Waals surface area (Å²) in [6.45, 7) is 6.34. The van der Waals surface area contributed by atoms with Gasteiger partial charge in [-0.25, -0.2) is 0 Å². The third kappa shape index (κ3) is 11.5. The predicted molar refractivity (Wildman–Crippen MR) is 109 cm³/mol. The Balaban J connectivity index is 1.95. The smallest absolute Gasteiger partial charge is 0.0654 e. The number of hydrogen-bond acceptors (Lipinski definition) is 0. The topological polar surface area (TPSA) is 0 Å². The maximum atomic E-state index is 4.05. The fourth-order valence-corrected chi connectivity index (χ4v) is 4.55. The number of aryl methyl sites for hydroxylation is 1. The minimum atomic E-state index is 0.419. The van der Waals surface area contributed by atoms with Crippen molar-refractivity contribution >= 4 is 10.9 Å². The first-order chi connectivity index (χ1) is 11.4. The molecule has 0 bridgehead atoms. The van der Waals surface area contributed by atoms with Crippen LogP contribution in [0.25, 0.3) is 0 Å². The van der Waals surface area contributed by atoms with Crippen LogP contribution in [0.2, 0.25) is 0 Å². The van der Waals surface area contributed by atoms with Gasteiger partial charge in [-0.2, -0.15) is 0 Å². The average molecular weight is 334 g/mol. The molecule has 1 aromatic rings. The van der Waals surface area contributed by atoms with Gasteiger partial charge in [-0.1, -0.05) is 95.2 Å². The molecule has 0 aliphatic heterocycles. The van der Waals surface area contributed by atoms with E-state index in [0.717, 1.165) is 0 Å². The second kappa shape index (κ2) is 14.9. The van der Waals surface area contributed by atoms with Crippen LogP contribution in [-0.4, -0.2) is 11.5 Å². The zero-order valence-corrected chi connectivity index (χ0v) is 16.1. The maximum Gasteiger partial charge on any atom is 0.117 e. The van der Waals surface area contributed by atoms with Gasteiger partial charge in [0.05, 0.1) is 0 Å². The maximum absolute atomic E-state index is 4.05. The molecular weight excluding hydrogens is 296 g/mol. The molecule has 130 valence electrons. The lowest BCUT2D eigenvalue weighted by Crippen LogP contribution is -2.11. The first-order valence-corrected chi connectivity index (χ1v) is 11.3. The number of hydrogen-bond donors (Lipinski definition) is 0. The summed E-state index contributed by atoms with van der Waals surface area (Å²) < 4.78 is 0. The molecule has 1 heteroatoms. The highest BCUT2D eigenvalue weighted by Crippen LogP contribution is 2.12. The molecule has 0 spiro atoms. The second-order valence-electron chi connectivity index (χ2n) is 6.53. The van der Waals surface area contributed by atoms with E-state index in [0.29, 0.717) is 10.9 Å². The van der Waals surface area contributed by atoms with E-state index < -0.39 is 0 Å². The SMILES string of the molecule is C=C[S+](CCCCCCCCCCCC)CCc1ccccc1. The molecule has 0 N–H and O–H groups in total. The van der Waals surface area contributed by atoms with Crippen LogP contribution in [0.15, 0.2) is 42.3 Å². The highest BCUT2D eigenvalue weighted by molar-refractivity contribution is 7.99. The molecule has 0 fully saturated rings. The van der Waals surface area contributed by atoms with Crippen LogP contribution in [0.3, 0.4) is 0 Å². The van der Waals surface area contributed by atoms with Crippen LogP contribution in [0, 0.1) is 0 Å². The lowest BCUT2D eigenvalue weighted by Gasteiger charge is -2.05. The molecule has 0 saturated heterocycles. The summed E-state index contributed by atoms with van der Waals surface area (Å²) in [4.78, 5) is 0. The molecule has 1 aromatic carbocycles. The number of benzene rings is 1. The number of rotatable bonds is 15. The van der Waals surface area contributed by atoms with Crippen molar-refractivity contribution in [2.24, 2.45) is 0 Å². The fraction of sp³-hybridized carbons (Fsp3) is 0.636. The quantitative estimate of drug-likeness (QED) is 0.241. The Labute approximate surface area is 148 Å². The van der Waals surface area contributed by atoms with Gasteiger partial charge in [-0.15, -0.1) is 0 Å². The molecule has 0 nitrogen and oxygen atoms in total. The van der Waals surface area contributed by atoms with Crippen molar-refractivity contribution in [1.29, 1.82) is 0 Å². The molecule has 1 atom stereocenters. The largest absolute Gasteiger partial charge is 0.117 e. The second-order valence-corrected chi connectivity index (χ2v) is 8.75. The van der Waals surface area contributed by atoms with E-state index in [1.54, 1.807) is 0 Å². The van der Waals surface area contributed by atoms with Crippen molar-refractivity contribution in [2.45, 2.75) is 77.6 Å². The normalized spacial score (nSPS) is 12.2. The van der Waals surface area contributed by atoms with E-state index in [1.165, 1.54) is 87.7 Å². The zero-order valence-electron chi connectivity index (χ0n) is 15.3. The highest BCUT2D eigenvalue weighted by Gasteiger charge is 2.13. The summed E-state index contributed by atoms with van der Waals surface area (Å²) in [5, 5.41) is 2.21. The van der Waals surface area contributed by atoms with Gasteiger partial charge in [0, 0.05) is 17.3 Å². The van der Waals surface area contributed by atoms with Crippen LogP contribution in [0.5, 0.6) is 0 Å². The predicted octanol–water partition coefficient (Wildman–Crippen LogP) is 6.91. The molecule has 0 heterocycles. The Morgan fingerprint density at radius 2 is 1.35 bits per heavy atom. The van der Waals surface area contributed by atoms with E-state index in [2.05, 4.69) is 49.2 Å². The molecule has 0 saturated carbocycles. The van der Waals surface area contributed by atoms with Gasteiger partial charge in [0.15, 0.2) is 0 Å². The van der Waals surface area contributed by atoms with Crippen molar-refractivity contribution in [2.75, 3.05) is 11.5 Å². The molecule has 0 aliphatic carbocycles. The molecule has 0 aromatic heterocycles. The van der Waals surface area contributed by atoms with Gasteiger partial charge in [-0.3, -0.25) is 0 Å². The van der Waals surface area contributed by atoms with E-state index in [1.807, 2.05) is 0 Å². The van der Waals surface area contributed by atoms with E-state index in [4.69, 9.17) is 0 Å². The van der Waals surface area contributed by atoms with Crippen molar-refractivity contribution in [3.05, 3.63) is 47.9 Å². The van der Waals surface area contributed by atoms with Gasteiger partial charge in [0.25, 0.3) is 0 Å². The summed E-state index contributed by atoms with van der Waals surface area (Å²) in [5.74, 6) is 2.64. The number of unbranched alkanes of at least 4 members (excludes halogenated alkanes) is 9. The Bertz CT molecular complexity index is 371. The molecule has 1 unspecified atom stereocenters. The lowest BCUT2D eigenvalue weighted by atomic mass is 10.1. The van der Waals surface area contributed by atoms with E-state index in [-0.39, 0.29) is 0 Å². The highest BCUT2D eigenvalue weighted by atomic mass is 32.2. The van der Waals surface area contributed by atoms with E-state index >= 15 is 0 Å². The van der Waals surface area contributed by atoms with Gasteiger partial charge >= 0.3 is 0 Å². The van der Waals surface area contributed by atoms with Crippen molar-refractivity contribution < 1.29 is 0 Å². The van der Waals surface area contributed by atoms with Crippen molar-refractivity contribution in [3.63, 3.8) is 0 Å². The molecule has 0 aliphatic rings. The van der Waals surface area contributed by atoms with Crippen LogP contribution in [0.1, 0.15) is 76.7 Å². The van der Waals surface area contributed by atoms with Crippen LogP contribution >= 0.6 is 0 Å². The van der Waals surface area contributed by atoms with Gasteiger partial charge in [-0.05, 0) is 18.4 Å². The van der Waals surface area contributed by atoms with Gasteiger partial charge in [0.1, 0.15) is 16.9 Å². The average Bonchev–Trinajstić information content (AvgIpc) is 2.60. The monoisotopic (exact) mass is 333 g/mol. The molecule has 1 rings (SSSR count). The summed E-state index contributed by atoms with van der Waals surface area (Å²) in [5.41, 5.74) is 1.47. The third-order valence-electron chi connectivity index (χ3n) is 4.49. The Kier molecular flexibility index (Phi) is 13.2. The van der Waals surface area contributed by atoms with Crippen molar-refractivity contribution in [3.8, 4) is 0 Å². The summed E-state index contributed by atoms with van der Waals surface area (Å²) in [6.07, 6.45) is 15.5. The third-order valence-corrected chi connectivity index (χ3v) is 6.50. The summed E-state index contributed by atoms with van der Waals surface area (Å²) in [7, 11) is 0.419. The van der Waals surface area contributed by atoms with Crippen LogP contribution in [0.4, 0.5) is 0 Å². The standard InChI is InChI=1S/C22H37S/c1-3-5-6-7-8-9-10-11-12-16-20-23(4-2)21-19-22-17-14-13-15-18-22/h4,13-15,17-18H,2-3,5-12,16,19-21H2,1H3/q+1. The van der Waals surface area contributed by atoms with E-state index in [9.17, 15) is 0 Å². The first-order valence-electron chi connectivity index (χ1n) is 9.69. The Morgan fingerprint density at radius 1 is 0.783 bits per heavy atom. The Morgan fingerprint density at radius 3 is 1.91 bits per heavy atom. The summed E-state index contributed by atoms with van der Waals surface area (Å²) in [6, 6.07) is 10.9. The molecule has 0 amide bonds. The molecular formula is C22H37S+.